The van der Waals surface area contributed by atoms with Gasteiger partial charge in [0.15, 0.2) is 0 Å². The van der Waals surface area contributed by atoms with Crippen LogP contribution in [0.4, 0.5) is 0 Å². The summed E-state index contributed by atoms with van der Waals surface area (Å²) in [5, 5.41) is 3.01. The first kappa shape index (κ1) is 21.1. The Hall–Kier alpha value is -1.64. The lowest BCUT2D eigenvalue weighted by molar-refractivity contribution is 0.0917. The summed E-state index contributed by atoms with van der Waals surface area (Å²) in [5.41, 5.74) is 0.237. The number of amides is 1. The third kappa shape index (κ3) is 4.67. The fraction of sp³-hybridized carbons (Fsp3) is 0.650. The normalized spacial score (nSPS) is 21.6. The zero-order chi connectivity index (χ0) is 20.1. The minimum absolute atomic E-state index is 0.0469. The van der Waals surface area contributed by atoms with E-state index in [1.54, 1.807) is 0 Å². The number of benzene rings is 1. The van der Waals surface area contributed by atoms with Crippen LogP contribution in [0.5, 0.6) is 5.75 Å². The van der Waals surface area contributed by atoms with Gasteiger partial charge in [-0.3, -0.25) is 9.69 Å². The van der Waals surface area contributed by atoms with Crippen LogP contribution in [0, 0.1) is 0 Å². The van der Waals surface area contributed by atoms with E-state index in [0.29, 0.717) is 24.4 Å². The average molecular weight is 410 g/mol. The highest BCUT2D eigenvalue weighted by atomic mass is 32.2. The van der Waals surface area contributed by atoms with Gasteiger partial charge in [-0.25, -0.2) is 13.1 Å². The molecule has 1 amide bonds. The molecular formula is C20H31N3O4S. The van der Waals surface area contributed by atoms with E-state index in [0.717, 1.165) is 19.4 Å². The van der Waals surface area contributed by atoms with E-state index in [2.05, 4.69) is 14.9 Å². The van der Waals surface area contributed by atoms with Crippen molar-refractivity contribution in [1.29, 1.82) is 0 Å². The van der Waals surface area contributed by atoms with Crippen molar-refractivity contribution < 1.29 is 17.9 Å². The lowest BCUT2D eigenvalue weighted by Crippen LogP contribution is -2.45. The van der Waals surface area contributed by atoms with Crippen LogP contribution >= 0.6 is 0 Å². The van der Waals surface area contributed by atoms with Gasteiger partial charge >= 0.3 is 0 Å². The maximum absolute atomic E-state index is 12.8. The first-order chi connectivity index (χ1) is 13.5. The van der Waals surface area contributed by atoms with E-state index in [4.69, 9.17) is 4.74 Å². The SMILES string of the molecule is CNS(=O)(=O)c1ccc(OC)c(C(=O)NCC2CCCN2C2CCCCC2)c1. The molecule has 0 aromatic heterocycles. The van der Waals surface area contributed by atoms with Gasteiger partial charge in [-0.05, 0) is 57.5 Å². The molecule has 0 spiro atoms. The molecule has 2 aliphatic rings. The molecule has 28 heavy (non-hydrogen) atoms. The van der Waals surface area contributed by atoms with Gasteiger partial charge in [0, 0.05) is 18.6 Å². The maximum Gasteiger partial charge on any atom is 0.255 e. The summed E-state index contributed by atoms with van der Waals surface area (Å²) in [6.45, 7) is 1.67. The number of hydrogen-bond acceptors (Lipinski definition) is 5. The van der Waals surface area contributed by atoms with Gasteiger partial charge < -0.3 is 10.1 Å². The Morgan fingerprint density at radius 2 is 1.93 bits per heavy atom. The van der Waals surface area contributed by atoms with Crippen molar-refractivity contribution >= 4 is 15.9 Å². The molecule has 156 valence electrons. The van der Waals surface area contributed by atoms with Crippen LogP contribution in [0.2, 0.25) is 0 Å². The molecule has 1 aliphatic heterocycles. The number of rotatable bonds is 7. The molecule has 1 aromatic rings. The molecule has 0 radical (unpaired) electrons. The van der Waals surface area contributed by atoms with Crippen LogP contribution in [-0.2, 0) is 10.0 Å². The van der Waals surface area contributed by atoms with E-state index in [1.165, 1.54) is 64.5 Å². The van der Waals surface area contributed by atoms with E-state index in [-0.39, 0.29) is 16.4 Å². The van der Waals surface area contributed by atoms with Crippen LogP contribution in [0.15, 0.2) is 23.1 Å². The molecule has 1 saturated heterocycles. The lowest BCUT2D eigenvalue weighted by Gasteiger charge is -2.35. The Bertz CT molecular complexity index is 791. The van der Waals surface area contributed by atoms with Crippen molar-refractivity contribution in [2.45, 2.75) is 61.9 Å². The second kappa shape index (κ2) is 9.24. The standard InChI is InChI=1S/C20H31N3O4S/c1-21-28(25,26)17-10-11-19(27-2)18(13-17)20(24)22-14-16-9-6-12-23(16)15-7-4-3-5-8-15/h10-11,13,15-16,21H,3-9,12,14H2,1-2H3,(H,22,24). The zero-order valence-electron chi connectivity index (χ0n) is 16.7. The van der Waals surface area contributed by atoms with Gasteiger partial charge in [0.05, 0.1) is 17.6 Å². The smallest absolute Gasteiger partial charge is 0.255 e. The topological polar surface area (TPSA) is 87.7 Å². The molecule has 1 atom stereocenters. The van der Waals surface area contributed by atoms with Crippen molar-refractivity contribution in [2.75, 3.05) is 27.2 Å². The van der Waals surface area contributed by atoms with E-state index in [1.807, 2.05) is 0 Å². The minimum Gasteiger partial charge on any atom is -0.496 e. The third-order valence-electron chi connectivity index (χ3n) is 5.96. The van der Waals surface area contributed by atoms with E-state index >= 15 is 0 Å². The number of carbonyl (C=O) groups is 1. The van der Waals surface area contributed by atoms with Crippen molar-refractivity contribution in [2.24, 2.45) is 0 Å². The fourth-order valence-electron chi connectivity index (χ4n) is 4.43. The fourth-order valence-corrected chi connectivity index (χ4v) is 5.18. The predicted molar refractivity (Wildman–Crippen MR) is 108 cm³/mol. The van der Waals surface area contributed by atoms with Crippen molar-refractivity contribution in [3.63, 3.8) is 0 Å². The number of ether oxygens (including phenoxy) is 1. The molecule has 1 heterocycles. The number of nitrogens with zero attached hydrogens (tertiary/aromatic N) is 1. The largest absolute Gasteiger partial charge is 0.496 e. The molecule has 3 rings (SSSR count). The molecule has 1 aliphatic carbocycles. The van der Waals surface area contributed by atoms with Crippen LogP contribution in [0.25, 0.3) is 0 Å². The molecule has 8 heteroatoms. The van der Waals surface area contributed by atoms with Crippen molar-refractivity contribution in [3.8, 4) is 5.75 Å². The zero-order valence-corrected chi connectivity index (χ0v) is 17.6. The summed E-state index contributed by atoms with van der Waals surface area (Å²) >= 11 is 0. The van der Waals surface area contributed by atoms with E-state index < -0.39 is 10.0 Å². The van der Waals surface area contributed by atoms with Crippen LogP contribution in [0.1, 0.15) is 55.3 Å². The molecule has 2 N–H and O–H groups in total. The molecule has 1 saturated carbocycles. The number of hydrogen-bond donors (Lipinski definition) is 2. The summed E-state index contributed by atoms with van der Waals surface area (Å²) in [6, 6.07) is 5.30. The Kier molecular flexibility index (Phi) is 6.95. The van der Waals surface area contributed by atoms with Gasteiger partial charge in [0.25, 0.3) is 5.91 Å². The quantitative estimate of drug-likeness (QED) is 0.720. The Labute approximate surface area is 167 Å². The number of nitrogens with one attached hydrogen (secondary N) is 2. The number of likely N-dealkylation sites (tertiary alicyclic amines) is 1. The summed E-state index contributed by atoms with van der Waals surface area (Å²) in [6.07, 6.45) is 8.68. The maximum atomic E-state index is 12.8. The summed E-state index contributed by atoms with van der Waals surface area (Å²) < 4.78 is 31.7. The Balaban J connectivity index is 1.69. The number of methoxy groups -OCH3 is 1. The van der Waals surface area contributed by atoms with Crippen LogP contribution in [-0.4, -0.2) is 58.6 Å². The molecule has 2 fully saturated rings. The highest BCUT2D eigenvalue weighted by molar-refractivity contribution is 7.89. The van der Waals surface area contributed by atoms with Crippen LogP contribution < -0.4 is 14.8 Å². The number of sulfonamides is 1. The monoisotopic (exact) mass is 409 g/mol. The molecule has 1 unspecified atom stereocenters. The Morgan fingerprint density at radius 1 is 1.18 bits per heavy atom. The minimum atomic E-state index is -3.63. The lowest BCUT2D eigenvalue weighted by atomic mass is 9.94. The van der Waals surface area contributed by atoms with Gasteiger partial charge in [-0.15, -0.1) is 0 Å². The van der Waals surface area contributed by atoms with Gasteiger partial charge in [0.2, 0.25) is 10.0 Å². The van der Waals surface area contributed by atoms with Gasteiger partial charge in [0.1, 0.15) is 5.75 Å². The highest BCUT2D eigenvalue weighted by Gasteiger charge is 2.31. The number of carbonyl (C=O) groups excluding carboxylic acids is 1. The van der Waals surface area contributed by atoms with Crippen LogP contribution in [0.3, 0.4) is 0 Å². The van der Waals surface area contributed by atoms with E-state index in [9.17, 15) is 13.2 Å². The Morgan fingerprint density at radius 3 is 2.61 bits per heavy atom. The first-order valence-corrected chi connectivity index (χ1v) is 11.6. The van der Waals surface area contributed by atoms with Crippen molar-refractivity contribution in [3.05, 3.63) is 23.8 Å². The molecule has 7 nitrogen and oxygen atoms in total. The first-order valence-electron chi connectivity index (χ1n) is 10.1. The van der Waals surface area contributed by atoms with Crippen molar-refractivity contribution in [1.82, 2.24) is 14.9 Å². The summed E-state index contributed by atoms with van der Waals surface area (Å²) in [5.74, 6) is 0.0589. The van der Waals surface area contributed by atoms with Gasteiger partial charge in [-0.2, -0.15) is 0 Å². The average Bonchev–Trinajstić information content (AvgIpc) is 3.20. The second-order valence-electron chi connectivity index (χ2n) is 7.61. The summed E-state index contributed by atoms with van der Waals surface area (Å²) in [4.78, 5) is 15.4. The highest BCUT2D eigenvalue weighted by Crippen LogP contribution is 2.29. The van der Waals surface area contributed by atoms with Gasteiger partial charge in [-0.1, -0.05) is 19.3 Å². The molecular weight excluding hydrogens is 378 g/mol. The summed E-state index contributed by atoms with van der Waals surface area (Å²) in [7, 11) is -0.808. The molecule has 0 bridgehead atoms. The second-order valence-corrected chi connectivity index (χ2v) is 9.49. The third-order valence-corrected chi connectivity index (χ3v) is 7.37. The predicted octanol–water partition coefficient (Wildman–Crippen LogP) is 2.13. The molecule has 1 aromatic carbocycles.